The Morgan fingerprint density at radius 2 is 2.31 bits per heavy atom. The highest BCUT2D eigenvalue weighted by Crippen LogP contribution is 2.13. The molecule has 0 saturated heterocycles. The lowest BCUT2D eigenvalue weighted by Crippen LogP contribution is -2.21. The van der Waals surface area contributed by atoms with Crippen molar-refractivity contribution in [1.29, 1.82) is 0 Å². The number of nitrogens with two attached hydrogens (primary N) is 1. The van der Waals surface area contributed by atoms with Gasteiger partial charge in [0, 0.05) is 18.1 Å². The topological polar surface area (TPSA) is 72.9 Å². The van der Waals surface area contributed by atoms with Gasteiger partial charge in [-0.05, 0) is 24.3 Å². The van der Waals surface area contributed by atoms with Gasteiger partial charge < -0.3 is 11.1 Å². The SMILES string of the molecule is NCC(=O)Nc1cccc(-n2cccn2)c1. The van der Waals surface area contributed by atoms with Crippen molar-refractivity contribution in [2.24, 2.45) is 5.73 Å². The molecule has 0 aliphatic carbocycles. The quantitative estimate of drug-likeness (QED) is 0.795. The number of benzene rings is 1. The summed E-state index contributed by atoms with van der Waals surface area (Å²) in [6, 6.07) is 9.24. The maximum atomic E-state index is 11.1. The van der Waals surface area contributed by atoms with Gasteiger partial charge in [-0.3, -0.25) is 4.79 Å². The molecule has 1 heterocycles. The second kappa shape index (κ2) is 4.59. The summed E-state index contributed by atoms with van der Waals surface area (Å²) in [6.07, 6.45) is 3.54. The average Bonchev–Trinajstić information content (AvgIpc) is 2.83. The number of hydrogen-bond acceptors (Lipinski definition) is 3. The lowest BCUT2D eigenvalue weighted by molar-refractivity contribution is -0.114. The molecule has 1 aromatic carbocycles. The van der Waals surface area contributed by atoms with Crippen LogP contribution in [0, 0.1) is 0 Å². The van der Waals surface area contributed by atoms with Crippen LogP contribution in [0.3, 0.4) is 0 Å². The number of hydrogen-bond donors (Lipinski definition) is 2. The zero-order chi connectivity index (χ0) is 11.4. The van der Waals surface area contributed by atoms with Crippen molar-refractivity contribution in [3.8, 4) is 5.69 Å². The number of nitrogens with zero attached hydrogens (tertiary/aromatic N) is 2. The van der Waals surface area contributed by atoms with Crippen molar-refractivity contribution < 1.29 is 4.79 Å². The summed E-state index contributed by atoms with van der Waals surface area (Å²) in [5, 5.41) is 6.80. The van der Waals surface area contributed by atoms with Crippen molar-refractivity contribution >= 4 is 11.6 Å². The zero-order valence-corrected chi connectivity index (χ0v) is 8.63. The fourth-order valence-electron chi connectivity index (χ4n) is 1.36. The molecule has 5 nitrogen and oxygen atoms in total. The fraction of sp³-hybridized carbons (Fsp3) is 0.0909. The first-order valence-electron chi connectivity index (χ1n) is 4.89. The molecule has 5 heteroatoms. The van der Waals surface area contributed by atoms with Gasteiger partial charge in [-0.15, -0.1) is 0 Å². The van der Waals surface area contributed by atoms with Gasteiger partial charge in [0.1, 0.15) is 0 Å². The molecule has 0 spiro atoms. The maximum Gasteiger partial charge on any atom is 0.238 e. The summed E-state index contributed by atoms with van der Waals surface area (Å²) in [5.74, 6) is -0.211. The fourth-order valence-corrected chi connectivity index (χ4v) is 1.36. The highest BCUT2D eigenvalue weighted by Gasteiger charge is 2.01. The zero-order valence-electron chi connectivity index (χ0n) is 8.63. The summed E-state index contributed by atoms with van der Waals surface area (Å²) in [7, 11) is 0. The van der Waals surface area contributed by atoms with Gasteiger partial charge in [-0.25, -0.2) is 4.68 Å². The summed E-state index contributed by atoms with van der Waals surface area (Å²) >= 11 is 0. The van der Waals surface area contributed by atoms with Crippen molar-refractivity contribution in [2.75, 3.05) is 11.9 Å². The van der Waals surface area contributed by atoms with E-state index in [1.165, 1.54) is 0 Å². The molecule has 2 rings (SSSR count). The Bertz CT molecular complexity index is 478. The standard InChI is InChI=1S/C11H12N4O/c12-8-11(16)14-9-3-1-4-10(7-9)15-6-2-5-13-15/h1-7H,8,12H2,(H,14,16). The molecule has 2 aromatic rings. The smallest absolute Gasteiger partial charge is 0.238 e. The summed E-state index contributed by atoms with van der Waals surface area (Å²) in [6.45, 7) is -0.0218. The highest BCUT2D eigenvalue weighted by molar-refractivity contribution is 5.92. The Balaban J connectivity index is 2.23. The van der Waals surface area contributed by atoms with Crippen LogP contribution in [0.4, 0.5) is 5.69 Å². The van der Waals surface area contributed by atoms with Gasteiger partial charge in [-0.1, -0.05) is 6.07 Å². The third kappa shape index (κ3) is 2.26. The summed E-state index contributed by atoms with van der Waals surface area (Å²) < 4.78 is 1.72. The third-order valence-electron chi connectivity index (χ3n) is 2.08. The number of nitrogens with one attached hydrogen (secondary N) is 1. The predicted octanol–water partition coefficient (Wildman–Crippen LogP) is 0.769. The molecule has 0 atom stereocenters. The first-order valence-corrected chi connectivity index (χ1v) is 4.89. The highest BCUT2D eigenvalue weighted by atomic mass is 16.1. The molecule has 82 valence electrons. The van der Waals surface area contributed by atoms with E-state index in [1.54, 1.807) is 16.9 Å². The lowest BCUT2D eigenvalue weighted by atomic mass is 10.2. The van der Waals surface area contributed by atoms with E-state index in [0.29, 0.717) is 5.69 Å². The third-order valence-corrected chi connectivity index (χ3v) is 2.08. The second-order valence-corrected chi connectivity index (χ2v) is 3.25. The van der Waals surface area contributed by atoms with Gasteiger partial charge in [0.15, 0.2) is 0 Å². The van der Waals surface area contributed by atoms with Crippen LogP contribution in [0.25, 0.3) is 5.69 Å². The molecule has 1 amide bonds. The van der Waals surface area contributed by atoms with Crippen LogP contribution in [0.1, 0.15) is 0 Å². The second-order valence-electron chi connectivity index (χ2n) is 3.25. The number of amides is 1. The monoisotopic (exact) mass is 216 g/mol. The Labute approximate surface area is 92.9 Å². The van der Waals surface area contributed by atoms with Gasteiger partial charge in [0.25, 0.3) is 0 Å². The van der Waals surface area contributed by atoms with Gasteiger partial charge >= 0.3 is 0 Å². The minimum atomic E-state index is -0.211. The van der Waals surface area contributed by atoms with Gasteiger partial charge in [0.2, 0.25) is 5.91 Å². The van der Waals surface area contributed by atoms with Gasteiger partial charge in [0.05, 0.1) is 12.2 Å². The van der Waals surface area contributed by atoms with Crippen molar-refractivity contribution in [3.63, 3.8) is 0 Å². The molecule has 0 fully saturated rings. The Morgan fingerprint density at radius 1 is 1.44 bits per heavy atom. The van der Waals surface area contributed by atoms with E-state index in [2.05, 4.69) is 10.4 Å². The first-order chi connectivity index (χ1) is 7.79. The number of anilines is 1. The van der Waals surface area contributed by atoms with E-state index in [-0.39, 0.29) is 12.5 Å². The number of rotatable bonds is 3. The average molecular weight is 216 g/mol. The lowest BCUT2D eigenvalue weighted by Gasteiger charge is -2.06. The molecule has 0 bridgehead atoms. The first kappa shape index (κ1) is 10.4. The predicted molar refractivity (Wildman–Crippen MR) is 61.2 cm³/mol. The molecular formula is C11H12N4O. The van der Waals surface area contributed by atoms with Crippen molar-refractivity contribution in [2.45, 2.75) is 0 Å². The van der Waals surface area contributed by atoms with Gasteiger partial charge in [-0.2, -0.15) is 5.10 Å². The van der Waals surface area contributed by atoms with E-state index in [4.69, 9.17) is 5.73 Å². The Morgan fingerprint density at radius 3 is 3.00 bits per heavy atom. The molecule has 0 radical (unpaired) electrons. The van der Waals surface area contributed by atoms with E-state index < -0.39 is 0 Å². The minimum absolute atomic E-state index is 0.0218. The van der Waals surface area contributed by atoms with Crippen LogP contribution in [0.15, 0.2) is 42.7 Å². The number of carbonyl (C=O) groups excluding carboxylic acids is 1. The molecule has 0 aliphatic heterocycles. The molecule has 0 aliphatic rings. The Hall–Kier alpha value is -2.14. The Kier molecular flexibility index (Phi) is 2.98. The van der Waals surface area contributed by atoms with E-state index in [1.807, 2.05) is 30.5 Å². The van der Waals surface area contributed by atoms with Crippen LogP contribution in [-0.4, -0.2) is 22.2 Å². The largest absolute Gasteiger partial charge is 0.325 e. The van der Waals surface area contributed by atoms with Crippen molar-refractivity contribution in [3.05, 3.63) is 42.7 Å². The number of carbonyl (C=O) groups is 1. The molecule has 3 N–H and O–H groups in total. The van der Waals surface area contributed by atoms with E-state index in [0.717, 1.165) is 5.69 Å². The normalized spacial score (nSPS) is 10.1. The minimum Gasteiger partial charge on any atom is -0.325 e. The van der Waals surface area contributed by atoms with Crippen LogP contribution in [0.5, 0.6) is 0 Å². The van der Waals surface area contributed by atoms with Crippen LogP contribution in [0.2, 0.25) is 0 Å². The van der Waals surface area contributed by atoms with Crippen LogP contribution in [-0.2, 0) is 4.79 Å². The van der Waals surface area contributed by atoms with E-state index in [9.17, 15) is 4.79 Å². The molecule has 16 heavy (non-hydrogen) atoms. The summed E-state index contributed by atoms with van der Waals surface area (Å²) in [5.41, 5.74) is 6.82. The molecule has 1 aromatic heterocycles. The molecule has 0 saturated carbocycles. The van der Waals surface area contributed by atoms with Crippen LogP contribution < -0.4 is 11.1 Å². The molecule has 0 unspecified atom stereocenters. The molecular weight excluding hydrogens is 204 g/mol. The van der Waals surface area contributed by atoms with E-state index >= 15 is 0 Å². The van der Waals surface area contributed by atoms with Crippen LogP contribution >= 0.6 is 0 Å². The summed E-state index contributed by atoms with van der Waals surface area (Å²) in [4.78, 5) is 11.1. The maximum absolute atomic E-state index is 11.1. The van der Waals surface area contributed by atoms with Crippen molar-refractivity contribution in [1.82, 2.24) is 9.78 Å². The number of aromatic nitrogens is 2.